The molecule has 2 aromatic heterocycles. The number of rotatable bonds is 5. The second kappa shape index (κ2) is 7.75. The average molecular weight is 464 g/mol. The number of thiazole rings is 1. The second-order valence-corrected chi connectivity index (χ2v) is 10.4. The quantitative estimate of drug-likeness (QED) is 0.416. The summed E-state index contributed by atoms with van der Waals surface area (Å²) < 4.78 is 28.7. The molecule has 0 spiro atoms. The first-order chi connectivity index (χ1) is 13.8. The van der Waals surface area contributed by atoms with E-state index in [1.807, 2.05) is 19.1 Å². The minimum atomic E-state index is -3.88. The van der Waals surface area contributed by atoms with E-state index in [-0.39, 0.29) is 15.5 Å². The lowest BCUT2D eigenvalue weighted by atomic mass is 10.3. The predicted molar refractivity (Wildman–Crippen MR) is 119 cm³/mol. The van der Waals surface area contributed by atoms with E-state index in [1.54, 1.807) is 29.6 Å². The van der Waals surface area contributed by atoms with Crippen LogP contribution in [0.5, 0.6) is 0 Å². The number of halogens is 1. The fourth-order valence-corrected chi connectivity index (χ4v) is 5.76. The van der Waals surface area contributed by atoms with Crippen molar-refractivity contribution in [2.75, 3.05) is 10.0 Å². The molecule has 0 saturated carbocycles. The van der Waals surface area contributed by atoms with Crippen molar-refractivity contribution in [2.45, 2.75) is 11.8 Å². The van der Waals surface area contributed by atoms with Crippen LogP contribution in [-0.2, 0) is 10.0 Å². The van der Waals surface area contributed by atoms with Crippen LogP contribution >= 0.6 is 34.3 Å². The van der Waals surface area contributed by atoms with E-state index >= 15 is 0 Å². The number of thiophene rings is 1. The number of anilines is 2. The maximum Gasteiger partial charge on any atom is 0.267 e. The SMILES string of the molecule is Cc1nc2ccc(NC(=O)c3sccc3NS(=O)(=O)c3cccc(Cl)c3)cc2s1. The third-order valence-corrected chi connectivity index (χ3v) is 7.42. The lowest BCUT2D eigenvalue weighted by Crippen LogP contribution is -2.17. The molecule has 2 N–H and O–H groups in total. The number of sulfonamides is 1. The van der Waals surface area contributed by atoms with Gasteiger partial charge in [0.05, 0.1) is 25.8 Å². The first-order valence-electron chi connectivity index (χ1n) is 8.36. The molecule has 0 saturated heterocycles. The summed E-state index contributed by atoms with van der Waals surface area (Å²) in [5.74, 6) is -0.399. The Morgan fingerprint density at radius 3 is 2.76 bits per heavy atom. The topological polar surface area (TPSA) is 88.2 Å². The van der Waals surface area contributed by atoms with Crippen molar-refractivity contribution in [3.8, 4) is 0 Å². The van der Waals surface area contributed by atoms with Crippen molar-refractivity contribution in [3.63, 3.8) is 0 Å². The Kier molecular flexibility index (Phi) is 5.30. The van der Waals surface area contributed by atoms with Gasteiger partial charge in [-0.05, 0) is 54.8 Å². The van der Waals surface area contributed by atoms with Crippen LogP contribution in [0.15, 0.2) is 58.8 Å². The zero-order chi connectivity index (χ0) is 20.6. The Morgan fingerprint density at radius 1 is 1.14 bits per heavy atom. The smallest absolute Gasteiger partial charge is 0.267 e. The van der Waals surface area contributed by atoms with E-state index in [2.05, 4.69) is 15.0 Å². The van der Waals surface area contributed by atoms with Crippen LogP contribution < -0.4 is 10.0 Å². The van der Waals surface area contributed by atoms with Gasteiger partial charge in [-0.25, -0.2) is 13.4 Å². The molecule has 2 aromatic carbocycles. The highest BCUT2D eigenvalue weighted by molar-refractivity contribution is 7.92. The van der Waals surface area contributed by atoms with Gasteiger partial charge in [0.2, 0.25) is 0 Å². The van der Waals surface area contributed by atoms with Crippen LogP contribution in [0, 0.1) is 6.92 Å². The third-order valence-electron chi connectivity index (χ3n) is 3.98. The van der Waals surface area contributed by atoms with Gasteiger partial charge in [0, 0.05) is 10.7 Å². The maximum absolute atomic E-state index is 12.7. The molecule has 4 aromatic rings. The highest BCUT2D eigenvalue weighted by atomic mass is 35.5. The molecule has 0 aliphatic heterocycles. The predicted octanol–water partition coefficient (Wildman–Crippen LogP) is 5.37. The van der Waals surface area contributed by atoms with Gasteiger partial charge >= 0.3 is 0 Å². The number of hydrogen-bond donors (Lipinski definition) is 2. The van der Waals surface area contributed by atoms with Crippen molar-refractivity contribution < 1.29 is 13.2 Å². The van der Waals surface area contributed by atoms with Crippen LogP contribution in [0.1, 0.15) is 14.7 Å². The number of carbonyl (C=O) groups excluding carboxylic acids is 1. The first-order valence-corrected chi connectivity index (χ1v) is 11.9. The van der Waals surface area contributed by atoms with Crippen molar-refractivity contribution >= 4 is 71.8 Å². The summed E-state index contributed by atoms with van der Waals surface area (Å²) in [6, 6.07) is 12.9. The molecule has 0 bridgehead atoms. The molecule has 1 amide bonds. The van der Waals surface area contributed by atoms with E-state index in [4.69, 9.17) is 11.6 Å². The van der Waals surface area contributed by atoms with E-state index in [0.29, 0.717) is 10.7 Å². The first kappa shape index (κ1) is 19.8. The van der Waals surface area contributed by atoms with Crippen LogP contribution in [-0.4, -0.2) is 19.3 Å². The summed E-state index contributed by atoms with van der Waals surface area (Å²) in [6.07, 6.45) is 0. The molecule has 29 heavy (non-hydrogen) atoms. The van der Waals surface area contributed by atoms with Gasteiger partial charge in [-0.3, -0.25) is 9.52 Å². The largest absolute Gasteiger partial charge is 0.321 e. The fourth-order valence-electron chi connectivity index (χ4n) is 2.71. The summed E-state index contributed by atoms with van der Waals surface area (Å²) in [5, 5.41) is 5.72. The Balaban J connectivity index is 1.57. The molecule has 0 atom stereocenters. The number of nitrogens with one attached hydrogen (secondary N) is 2. The van der Waals surface area contributed by atoms with E-state index < -0.39 is 15.9 Å². The minimum absolute atomic E-state index is 0.0218. The van der Waals surface area contributed by atoms with E-state index in [0.717, 1.165) is 26.6 Å². The molecule has 148 valence electrons. The number of aryl methyl sites for hydroxylation is 1. The monoisotopic (exact) mass is 463 g/mol. The zero-order valence-electron chi connectivity index (χ0n) is 15.0. The van der Waals surface area contributed by atoms with Crippen LogP contribution in [0.3, 0.4) is 0 Å². The average Bonchev–Trinajstić information content (AvgIpc) is 3.26. The Bertz CT molecular complexity index is 1330. The van der Waals surface area contributed by atoms with Gasteiger partial charge in [-0.1, -0.05) is 17.7 Å². The van der Waals surface area contributed by atoms with Gasteiger partial charge in [-0.15, -0.1) is 22.7 Å². The highest BCUT2D eigenvalue weighted by Crippen LogP contribution is 2.29. The molecule has 6 nitrogen and oxygen atoms in total. The maximum atomic E-state index is 12.7. The molecule has 2 heterocycles. The van der Waals surface area contributed by atoms with Crippen molar-refractivity contribution in [2.24, 2.45) is 0 Å². The molecule has 0 aliphatic carbocycles. The van der Waals surface area contributed by atoms with Gasteiger partial charge in [-0.2, -0.15) is 0 Å². The van der Waals surface area contributed by atoms with Crippen LogP contribution in [0.2, 0.25) is 5.02 Å². The van der Waals surface area contributed by atoms with Crippen molar-refractivity contribution in [1.82, 2.24) is 4.98 Å². The van der Waals surface area contributed by atoms with Gasteiger partial charge in [0.15, 0.2) is 0 Å². The van der Waals surface area contributed by atoms with Gasteiger partial charge < -0.3 is 5.32 Å². The van der Waals surface area contributed by atoms with Crippen LogP contribution in [0.4, 0.5) is 11.4 Å². The molecule has 4 rings (SSSR count). The Labute approximate surface area is 180 Å². The number of nitrogens with zero attached hydrogens (tertiary/aromatic N) is 1. The second-order valence-electron chi connectivity index (χ2n) is 6.10. The molecular formula is C19H14ClN3O3S3. The third kappa shape index (κ3) is 4.27. The van der Waals surface area contributed by atoms with Gasteiger partial charge in [0.25, 0.3) is 15.9 Å². The summed E-state index contributed by atoms with van der Waals surface area (Å²) in [6.45, 7) is 1.92. The van der Waals surface area contributed by atoms with Crippen molar-refractivity contribution in [1.29, 1.82) is 0 Å². The zero-order valence-corrected chi connectivity index (χ0v) is 18.2. The fraction of sp³-hybridized carbons (Fsp3) is 0.0526. The normalized spacial score (nSPS) is 11.5. The molecule has 10 heteroatoms. The van der Waals surface area contributed by atoms with Crippen molar-refractivity contribution in [3.05, 3.63) is 68.8 Å². The number of aromatic nitrogens is 1. The summed E-state index contributed by atoms with van der Waals surface area (Å²) in [4.78, 5) is 17.4. The number of hydrogen-bond acceptors (Lipinski definition) is 6. The summed E-state index contributed by atoms with van der Waals surface area (Å²) in [7, 11) is -3.88. The van der Waals surface area contributed by atoms with Gasteiger partial charge in [0.1, 0.15) is 4.88 Å². The standard InChI is InChI=1S/C19H14ClN3O3S3/c1-11-21-15-6-5-13(10-17(15)28-11)22-19(24)18-16(7-8-27-18)23-29(25,26)14-4-2-3-12(20)9-14/h2-10,23H,1H3,(H,22,24). The summed E-state index contributed by atoms with van der Waals surface area (Å²) >= 11 is 8.58. The number of fused-ring (bicyclic) bond motifs is 1. The highest BCUT2D eigenvalue weighted by Gasteiger charge is 2.20. The number of amides is 1. The lowest BCUT2D eigenvalue weighted by Gasteiger charge is -2.10. The molecular weight excluding hydrogens is 450 g/mol. The number of carbonyl (C=O) groups is 1. The molecule has 0 fully saturated rings. The Morgan fingerprint density at radius 2 is 1.97 bits per heavy atom. The van der Waals surface area contributed by atoms with E-state index in [9.17, 15) is 13.2 Å². The minimum Gasteiger partial charge on any atom is -0.321 e. The van der Waals surface area contributed by atoms with E-state index in [1.165, 1.54) is 23.5 Å². The molecule has 0 aliphatic rings. The molecule has 0 unspecified atom stereocenters. The molecule has 0 radical (unpaired) electrons. The summed E-state index contributed by atoms with van der Waals surface area (Å²) in [5.41, 5.74) is 1.70. The lowest BCUT2D eigenvalue weighted by molar-refractivity contribution is 0.103. The Hall–Kier alpha value is -2.46. The number of benzene rings is 2. The van der Waals surface area contributed by atoms with Crippen LogP contribution in [0.25, 0.3) is 10.2 Å².